The fourth-order valence-corrected chi connectivity index (χ4v) is 5.57. The van der Waals surface area contributed by atoms with E-state index in [1.54, 1.807) is 12.1 Å². The quantitative estimate of drug-likeness (QED) is 0.430. The number of nitrogens with zero attached hydrogens (tertiary/aromatic N) is 2. The molecule has 2 aromatic carbocycles. The highest BCUT2D eigenvalue weighted by Crippen LogP contribution is 2.32. The van der Waals surface area contributed by atoms with E-state index in [4.69, 9.17) is 23.2 Å². The molecule has 1 fully saturated rings. The summed E-state index contributed by atoms with van der Waals surface area (Å²) >= 11 is 12.3. The van der Waals surface area contributed by atoms with Crippen LogP contribution in [0.25, 0.3) is 0 Å². The molecule has 3 rings (SSSR count). The summed E-state index contributed by atoms with van der Waals surface area (Å²) in [4.78, 5) is 27.8. The zero-order valence-corrected chi connectivity index (χ0v) is 23.1. The summed E-state index contributed by atoms with van der Waals surface area (Å²) in [6, 6.07) is 7.23. The molecule has 208 valence electrons. The third-order valence-electron chi connectivity index (χ3n) is 6.37. The second kappa shape index (κ2) is 12.1. The number of carbonyl (C=O) groups is 2. The first-order chi connectivity index (χ1) is 17.7. The molecule has 1 aliphatic carbocycles. The number of nitrogens with one attached hydrogen (secondary N) is 1. The van der Waals surface area contributed by atoms with Gasteiger partial charge in [-0.2, -0.15) is 13.2 Å². The Bertz CT molecular complexity index is 1280. The van der Waals surface area contributed by atoms with Gasteiger partial charge in [0.25, 0.3) is 0 Å². The maximum Gasteiger partial charge on any atom is 0.416 e. The first-order valence-electron chi connectivity index (χ1n) is 11.9. The number of amides is 2. The van der Waals surface area contributed by atoms with Crippen LogP contribution >= 0.6 is 23.2 Å². The maximum atomic E-state index is 13.6. The molecule has 0 saturated heterocycles. The zero-order valence-electron chi connectivity index (χ0n) is 20.8. The molecule has 1 N–H and O–H groups in total. The zero-order chi connectivity index (χ0) is 28.3. The maximum absolute atomic E-state index is 13.6. The lowest BCUT2D eigenvalue weighted by Gasteiger charge is -2.32. The third kappa shape index (κ3) is 7.77. The monoisotopic (exact) mass is 593 g/mol. The van der Waals surface area contributed by atoms with E-state index in [-0.39, 0.29) is 23.3 Å². The fourth-order valence-electron chi connectivity index (χ4n) is 4.26. The topological polar surface area (TPSA) is 86.8 Å². The summed E-state index contributed by atoms with van der Waals surface area (Å²) < 4.78 is 65.6. The number of hydrogen-bond donors (Lipinski definition) is 1. The summed E-state index contributed by atoms with van der Waals surface area (Å²) in [5.74, 6) is -1.23. The van der Waals surface area contributed by atoms with Crippen molar-refractivity contribution in [2.75, 3.05) is 17.1 Å². The number of anilines is 1. The van der Waals surface area contributed by atoms with Gasteiger partial charge in [-0.05, 0) is 55.7 Å². The van der Waals surface area contributed by atoms with Crippen molar-refractivity contribution < 1.29 is 31.2 Å². The van der Waals surface area contributed by atoms with Crippen molar-refractivity contribution in [1.82, 2.24) is 10.2 Å². The molecule has 2 aromatic rings. The van der Waals surface area contributed by atoms with Crippen LogP contribution in [0.4, 0.5) is 18.9 Å². The van der Waals surface area contributed by atoms with Crippen molar-refractivity contribution in [3.8, 4) is 0 Å². The lowest BCUT2D eigenvalue weighted by Crippen LogP contribution is -2.52. The molecule has 7 nitrogen and oxygen atoms in total. The van der Waals surface area contributed by atoms with Gasteiger partial charge in [0, 0.05) is 22.6 Å². The van der Waals surface area contributed by atoms with Crippen molar-refractivity contribution in [2.24, 2.45) is 0 Å². The predicted octanol–water partition coefficient (Wildman–Crippen LogP) is 5.25. The largest absolute Gasteiger partial charge is 0.416 e. The fraction of sp³-hybridized carbons (Fsp3) is 0.440. The van der Waals surface area contributed by atoms with Crippen LogP contribution in [0.1, 0.15) is 43.7 Å². The molecule has 0 radical (unpaired) electrons. The van der Waals surface area contributed by atoms with Gasteiger partial charge in [-0.25, -0.2) is 8.42 Å². The van der Waals surface area contributed by atoms with E-state index in [0.717, 1.165) is 49.0 Å². The highest BCUT2D eigenvalue weighted by atomic mass is 35.5. The van der Waals surface area contributed by atoms with Gasteiger partial charge in [0.1, 0.15) is 12.6 Å². The molecule has 0 heterocycles. The number of hydrogen-bond acceptors (Lipinski definition) is 4. The molecular weight excluding hydrogens is 566 g/mol. The number of sulfonamides is 1. The van der Waals surface area contributed by atoms with Gasteiger partial charge in [-0.15, -0.1) is 0 Å². The Morgan fingerprint density at radius 3 is 2.34 bits per heavy atom. The highest BCUT2D eigenvalue weighted by molar-refractivity contribution is 7.92. The van der Waals surface area contributed by atoms with Gasteiger partial charge in [0.05, 0.1) is 17.5 Å². The third-order valence-corrected chi connectivity index (χ3v) is 8.09. The number of benzene rings is 2. The van der Waals surface area contributed by atoms with E-state index in [9.17, 15) is 31.2 Å². The molecule has 0 bridgehead atoms. The van der Waals surface area contributed by atoms with Crippen LogP contribution in [-0.4, -0.2) is 50.0 Å². The van der Waals surface area contributed by atoms with Gasteiger partial charge in [-0.1, -0.05) is 48.2 Å². The minimum Gasteiger partial charge on any atom is -0.352 e. The van der Waals surface area contributed by atoms with Gasteiger partial charge >= 0.3 is 6.18 Å². The molecule has 0 spiro atoms. The van der Waals surface area contributed by atoms with E-state index in [1.807, 2.05) is 0 Å². The van der Waals surface area contributed by atoms with Crippen molar-refractivity contribution in [1.29, 1.82) is 0 Å². The van der Waals surface area contributed by atoms with E-state index in [0.29, 0.717) is 21.0 Å². The predicted molar refractivity (Wildman–Crippen MR) is 141 cm³/mol. The molecule has 2 amide bonds. The number of carbonyl (C=O) groups excluding carboxylic acids is 2. The SMILES string of the molecule is C[C@H](C(=O)NC1CCCC1)N(Cc1ccc(Cl)cc1Cl)C(=O)CN(c1cccc(C(F)(F)F)c1)S(C)(=O)=O. The standard InChI is InChI=1S/C25H28Cl2F3N3O4S/c1-16(24(35)31-20-7-3-4-8-20)32(14-17-10-11-19(26)13-22(17)27)23(34)15-33(38(2,36)37)21-9-5-6-18(12-21)25(28,29)30/h5-6,9-13,16,20H,3-4,7-8,14-15H2,1-2H3,(H,31,35)/t16-/m1/s1. The number of halogens is 5. The van der Waals surface area contributed by atoms with Crippen LogP contribution < -0.4 is 9.62 Å². The van der Waals surface area contributed by atoms with Crippen LogP contribution in [-0.2, 0) is 32.3 Å². The van der Waals surface area contributed by atoms with E-state index >= 15 is 0 Å². The Morgan fingerprint density at radius 1 is 1.11 bits per heavy atom. The second-order valence-corrected chi connectivity index (χ2v) is 12.0. The highest BCUT2D eigenvalue weighted by Gasteiger charge is 2.34. The van der Waals surface area contributed by atoms with Gasteiger partial charge in [0.15, 0.2) is 0 Å². The van der Waals surface area contributed by atoms with Gasteiger partial charge < -0.3 is 10.2 Å². The summed E-state index contributed by atoms with van der Waals surface area (Å²) in [5, 5.41) is 3.51. The minimum absolute atomic E-state index is 0.0290. The average molecular weight is 594 g/mol. The molecular formula is C25H28Cl2F3N3O4S. The summed E-state index contributed by atoms with van der Waals surface area (Å²) in [5.41, 5.74) is -0.941. The van der Waals surface area contributed by atoms with Crippen LogP contribution in [0.15, 0.2) is 42.5 Å². The van der Waals surface area contributed by atoms with E-state index in [1.165, 1.54) is 19.1 Å². The number of rotatable bonds is 9. The first kappa shape index (κ1) is 30.0. The molecule has 0 aromatic heterocycles. The normalized spacial score (nSPS) is 15.2. The molecule has 0 unspecified atom stereocenters. The summed E-state index contributed by atoms with van der Waals surface area (Å²) in [6.07, 6.45) is -0.352. The van der Waals surface area contributed by atoms with Crippen molar-refractivity contribution in [2.45, 2.75) is 57.4 Å². The Labute approximate surface area is 229 Å². The average Bonchev–Trinajstić information content (AvgIpc) is 3.33. The van der Waals surface area contributed by atoms with Crippen LogP contribution in [0.5, 0.6) is 0 Å². The lowest BCUT2D eigenvalue weighted by atomic mass is 10.1. The molecule has 0 aliphatic heterocycles. The Kier molecular flexibility index (Phi) is 9.59. The van der Waals surface area contributed by atoms with Crippen LogP contribution in [0.2, 0.25) is 10.0 Å². The Hall–Kier alpha value is -2.50. The van der Waals surface area contributed by atoms with E-state index < -0.39 is 46.2 Å². The van der Waals surface area contributed by atoms with Crippen LogP contribution in [0, 0.1) is 0 Å². The minimum atomic E-state index is -4.71. The van der Waals surface area contributed by atoms with Gasteiger partial charge in [-0.3, -0.25) is 13.9 Å². The van der Waals surface area contributed by atoms with Gasteiger partial charge in [0.2, 0.25) is 21.8 Å². The Balaban J connectivity index is 1.94. The van der Waals surface area contributed by atoms with Crippen molar-refractivity contribution in [3.63, 3.8) is 0 Å². The first-order valence-corrected chi connectivity index (χ1v) is 14.5. The number of alkyl halides is 3. The Morgan fingerprint density at radius 2 is 1.76 bits per heavy atom. The molecule has 1 atom stereocenters. The molecule has 13 heteroatoms. The molecule has 38 heavy (non-hydrogen) atoms. The summed E-state index contributed by atoms with van der Waals surface area (Å²) in [6.45, 7) is 0.516. The lowest BCUT2D eigenvalue weighted by molar-refractivity contribution is -0.139. The second-order valence-electron chi connectivity index (χ2n) is 9.24. The van der Waals surface area contributed by atoms with Crippen molar-refractivity contribution in [3.05, 3.63) is 63.6 Å². The van der Waals surface area contributed by atoms with Crippen molar-refractivity contribution >= 4 is 50.7 Å². The molecule has 1 saturated carbocycles. The summed E-state index contributed by atoms with van der Waals surface area (Å²) in [7, 11) is -4.19. The van der Waals surface area contributed by atoms with E-state index in [2.05, 4.69) is 5.32 Å². The smallest absolute Gasteiger partial charge is 0.352 e. The molecule has 1 aliphatic rings. The van der Waals surface area contributed by atoms with Crippen LogP contribution in [0.3, 0.4) is 0 Å².